The molecule has 3 heterocycles. The first-order valence-corrected chi connectivity index (χ1v) is 9.47. The summed E-state index contributed by atoms with van der Waals surface area (Å²) in [6.07, 6.45) is 0. The van der Waals surface area contributed by atoms with Crippen molar-refractivity contribution in [2.75, 3.05) is 40.5 Å². The molecule has 1 aliphatic heterocycles. The van der Waals surface area contributed by atoms with E-state index in [1.807, 2.05) is 13.0 Å². The molecule has 0 bridgehead atoms. The van der Waals surface area contributed by atoms with Crippen LogP contribution in [0.5, 0.6) is 11.5 Å². The van der Waals surface area contributed by atoms with Crippen LogP contribution in [0.25, 0.3) is 10.9 Å². The SMILES string of the molecule is COc1cc2nc(CN3CCOCC3)n(Cc3cc(C)no3)c(=O)c2cc1OC. The van der Waals surface area contributed by atoms with Crippen molar-refractivity contribution < 1.29 is 18.7 Å². The number of aryl methyl sites for hydroxylation is 1. The van der Waals surface area contributed by atoms with Gasteiger partial charge in [-0.15, -0.1) is 0 Å². The highest BCUT2D eigenvalue weighted by molar-refractivity contribution is 5.82. The Bertz CT molecular complexity index is 1070. The number of ether oxygens (including phenoxy) is 3. The lowest BCUT2D eigenvalue weighted by Crippen LogP contribution is -2.38. The molecule has 1 aromatic carbocycles. The van der Waals surface area contributed by atoms with Crippen LogP contribution in [0.2, 0.25) is 0 Å². The van der Waals surface area contributed by atoms with Crippen molar-refractivity contribution in [2.45, 2.75) is 20.0 Å². The highest BCUT2D eigenvalue weighted by Gasteiger charge is 2.19. The fourth-order valence-electron chi connectivity index (χ4n) is 3.48. The Kier molecular flexibility index (Phi) is 5.50. The number of morpholine rings is 1. The van der Waals surface area contributed by atoms with Crippen LogP contribution in [0.3, 0.4) is 0 Å². The summed E-state index contributed by atoms with van der Waals surface area (Å²) >= 11 is 0. The maximum atomic E-state index is 13.4. The lowest BCUT2D eigenvalue weighted by atomic mass is 10.2. The van der Waals surface area contributed by atoms with Crippen molar-refractivity contribution in [1.29, 1.82) is 0 Å². The second kappa shape index (κ2) is 8.22. The number of nitrogens with zero attached hydrogens (tertiary/aromatic N) is 4. The summed E-state index contributed by atoms with van der Waals surface area (Å²) in [5.74, 6) is 2.29. The summed E-state index contributed by atoms with van der Waals surface area (Å²) in [5, 5.41) is 4.39. The molecular formula is C20H24N4O5. The first-order valence-electron chi connectivity index (χ1n) is 9.47. The Balaban J connectivity index is 1.84. The van der Waals surface area contributed by atoms with Crippen LogP contribution >= 0.6 is 0 Å². The average Bonchev–Trinajstić information content (AvgIpc) is 3.15. The second-order valence-corrected chi connectivity index (χ2v) is 6.97. The third-order valence-corrected chi connectivity index (χ3v) is 5.00. The summed E-state index contributed by atoms with van der Waals surface area (Å²) in [5.41, 5.74) is 1.18. The number of aromatic nitrogens is 3. The highest BCUT2D eigenvalue weighted by atomic mass is 16.5. The monoisotopic (exact) mass is 400 g/mol. The van der Waals surface area contributed by atoms with Gasteiger partial charge in [0.1, 0.15) is 5.82 Å². The molecule has 3 aromatic rings. The number of fused-ring (bicyclic) bond motifs is 1. The fourth-order valence-corrected chi connectivity index (χ4v) is 3.48. The van der Waals surface area contributed by atoms with Gasteiger partial charge < -0.3 is 18.7 Å². The van der Waals surface area contributed by atoms with Gasteiger partial charge >= 0.3 is 0 Å². The topological polar surface area (TPSA) is 91.9 Å². The quantitative estimate of drug-likeness (QED) is 0.616. The van der Waals surface area contributed by atoms with Gasteiger partial charge in [0.15, 0.2) is 17.3 Å². The van der Waals surface area contributed by atoms with E-state index < -0.39 is 0 Å². The van der Waals surface area contributed by atoms with E-state index in [2.05, 4.69) is 10.1 Å². The molecule has 0 spiro atoms. The maximum Gasteiger partial charge on any atom is 0.261 e. The zero-order valence-electron chi connectivity index (χ0n) is 16.8. The van der Waals surface area contributed by atoms with E-state index in [4.69, 9.17) is 23.7 Å². The van der Waals surface area contributed by atoms with Crippen molar-refractivity contribution in [2.24, 2.45) is 0 Å². The molecule has 9 heteroatoms. The third-order valence-electron chi connectivity index (χ3n) is 5.00. The molecular weight excluding hydrogens is 376 g/mol. The molecule has 0 unspecified atom stereocenters. The summed E-state index contributed by atoms with van der Waals surface area (Å²) < 4.78 is 23.2. The third kappa shape index (κ3) is 3.96. The predicted octanol–water partition coefficient (Wildman–Crippen LogP) is 1.59. The Morgan fingerprint density at radius 2 is 1.79 bits per heavy atom. The minimum atomic E-state index is -0.159. The molecule has 0 aliphatic carbocycles. The Morgan fingerprint density at radius 3 is 2.45 bits per heavy atom. The number of rotatable bonds is 6. The van der Waals surface area contributed by atoms with Crippen molar-refractivity contribution in [3.8, 4) is 11.5 Å². The maximum absolute atomic E-state index is 13.4. The van der Waals surface area contributed by atoms with Gasteiger partial charge in [-0.1, -0.05) is 5.16 Å². The standard InChI is InChI=1S/C20H24N4O5/c1-13-8-14(29-22-13)11-24-19(12-23-4-6-28-7-5-23)21-16-10-18(27-3)17(26-2)9-15(16)20(24)25/h8-10H,4-7,11-12H2,1-3H3. The zero-order chi connectivity index (χ0) is 20.4. The van der Waals surface area contributed by atoms with Gasteiger partial charge in [0.25, 0.3) is 5.56 Å². The van der Waals surface area contributed by atoms with Crippen molar-refractivity contribution >= 4 is 10.9 Å². The van der Waals surface area contributed by atoms with Crippen LogP contribution in [0.4, 0.5) is 0 Å². The van der Waals surface area contributed by atoms with E-state index in [0.717, 1.165) is 18.8 Å². The molecule has 29 heavy (non-hydrogen) atoms. The molecule has 4 rings (SSSR count). The Hall–Kier alpha value is -2.91. The lowest BCUT2D eigenvalue weighted by Gasteiger charge is -2.27. The molecule has 0 N–H and O–H groups in total. The largest absolute Gasteiger partial charge is 0.493 e. The molecule has 2 aromatic heterocycles. The van der Waals surface area contributed by atoms with Gasteiger partial charge in [-0.25, -0.2) is 4.98 Å². The van der Waals surface area contributed by atoms with E-state index in [1.165, 1.54) is 0 Å². The summed E-state index contributed by atoms with van der Waals surface area (Å²) in [7, 11) is 3.10. The molecule has 154 valence electrons. The van der Waals surface area contributed by atoms with E-state index in [0.29, 0.717) is 53.7 Å². The van der Waals surface area contributed by atoms with Crippen LogP contribution in [0.15, 0.2) is 27.5 Å². The molecule has 0 amide bonds. The second-order valence-electron chi connectivity index (χ2n) is 6.97. The van der Waals surface area contributed by atoms with Gasteiger partial charge in [-0.3, -0.25) is 14.3 Å². The molecule has 1 fully saturated rings. The molecule has 0 atom stereocenters. The summed E-state index contributed by atoms with van der Waals surface area (Å²) in [6.45, 7) is 5.57. The van der Waals surface area contributed by atoms with Crippen molar-refractivity contribution in [1.82, 2.24) is 19.6 Å². The predicted molar refractivity (Wildman–Crippen MR) is 106 cm³/mol. The summed E-state index contributed by atoms with van der Waals surface area (Å²) in [4.78, 5) is 20.4. The first-order chi connectivity index (χ1) is 14.1. The number of benzene rings is 1. The van der Waals surface area contributed by atoms with Crippen LogP contribution in [0, 0.1) is 6.92 Å². The van der Waals surface area contributed by atoms with Crippen LogP contribution in [-0.2, 0) is 17.8 Å². The molecule has 1 aliphatic rings. The molecule has 1 saturated heterocycles. The van der Waals surface area contributed by atoms with Gasteiger partial charge in [-0.2, -0.15) is 0 Å². The van der Waals surface area contributed by atoms with Crippen LogP contribution in [0.1, 0.15) is 17.3 Å². The number of hydrogen-bond acceptors (Lipinski definition) is 8. The number of methoxy groups -OCH3 is 2. The van der Waals surface area contributed by atoms with Gasteiger partial charge in [0.05, 0.1) is 57.1 Å². The van der Waals surface area contributed by atoms with Crippen molar-refractivity contribution in [3.05, 3.63) is 45.8 Å². The van der Waals surface area contributed by atoms with Gasteiger partial charge in [0.2, 0.25) is 0 Å². The Morgan fingerprint density at radius 1 is 1.07 bits per heavy atom. The van der Waals surface area contributed by atoms with Gasteiger partial charge in [0, 0.05) is 25.2 Å². The zero-order valence-corrected chi connectivity index (χ0v) is 16.8. The lowest BCUT2D eigenvalue weighted by molar-refractivity contribution is 0.0324. The van der Waals surface area contributed by atoms with E-state index in [-0.39, 0.29) is 12.1 Å². The fraction of sp³-hybridized carbons (Fsp3) is 0.450. The molecule has 0 radical (unpaired) electrons. The first kappa shape index (κ1) is 19.4. The van der Waals surface area contributed by atoms with Gasteiger partial charge in [-0.05, 0) is 13.0 Å². The minimum Gasteiger partial charge on any atom is -0.493 e. The van der Waals surface area contributed by atoms with Crippen molar-refractivity contribution in [3.63, 3.8) is 0 Å². The normalized spacial score (nSPS) is 15.0. The minimum absolute atomic E-state index is 0.159. The van der Waals surface area contributed by atoms with Crippen LogP contribution in [-0.4, -0.2) is 60.1 Å². The average molecular weight is 400 g/mol. The molecule has 0 saturated carbocycles. The van der Waals surface area contributed by atoms with E-state index in [1.54, 1.807) is 30.9 Å². The Labute approximate surface area is 167 Å². The van der Waals surface area contributed by atoms with E-state index in [9.17, 15) is 4.79 Å². The molecule has 9 nitrogen and oxygen atoms in total. The highest BCUT2D eigenvalue weighted by Crippen LogP contribution is 2.30. The smallest absolute Gasteiger partial charge is 0.261 e. The summed E-state index contributed by atoms with van der Waals surface area (Å²) in [6, 6.07) is 5.23. The van der Waals surface area contributed by atoms with E-state index >= 15 is 0 Å². The number of hydrogen-bond donors (Lipinski definition) is 0. The van der Waals surface area contributed by atoms with Crippen LogP contribution < -0.4 is 15.0 Å².